The van der Waals surface area contributed by atoms with Gasteiger partial charge in [0, 0.05) is 22.6 Å². The van der Waals surface area contributed by atoms with Crippen molar-refractivity contribution in [2.24, 2.45) is 0 Å². The molecule has 3 aromatic rings. The molecule has 0 saturated heterocycles. The second kappa shape index (κ2) is 7.16. The molecule has 0 radical (unpaired) electrons. The Labute approximate surface area is 174 Å². The SMILES string of the molecule is Cc1ccc(C(=O)[C@@H]2CC(=O)Nc3c2c(C)nn3-c2ccc(C)c(Cl)c2)c(C)c1. The number of fused-ring (bicyclic) bond motifs is 1. The van der Waals surface area contributed by atoms with Crippen LogP contribution >= 0.6 is 11.6 Å². The summed E-state index contributed by atoms with van der Waals surface area (Å²) in [6.45, 7) is 7.71. The largest absolute Gasteiger partial charge is 0.310 e. The van der Waals surface area contributed by atoms with Gasteiger partial charge in [-0.2, -0.15) is 5.10 Å². The molecule has 0 bridgehead atoms. The summed E-state index contributed by atoms with van der Waals surface area (Å²) in [5.74, 6) is -0.264. The number of carbonyl (C=O) groups excluding carboxylic acids is 2. The van der Waals surface area contributed by atoms with E-state index in [4.69, 9.17) is 11.6 Å². The van der Waals surface area contributed by atoms with E-state index in [2.05, 4.69) is 10.4 Å². The molecule has 2 heterocycles. The van der Waals surface area contributed by atoms with Gasteiger partial charge in [0.2, 0.25) is 5.91 Å². The van der Waals surface area contributed by atoms with Crippen LogP contribution in [-0.4, -0.2) is 21.5 Å². The van der Waals surface area contributed by atoms with Crippen LogP contribution in [0.3, 0.4) is 0 Å². The van der Waals surface area contributed by atoms with Crippen molar-refractivity contribution in [1.82, 2.24) is 9.78 Å². The van der Waals surface area contributed by atoms with Gasteiger partial charge in [-0.1, -0.05) is 41.4 Å². The van der Waals surface area contributed by atoms with Crippen LogP contribution in [0.5, 0.6) is 0 Å². The lowest BCUT2D eigenvalue weighted by Gasteiger charge is -2.24. The maximum Gasteiger partial charge on any atom is 0.226 e. The third-order valence-corrected chi connectivity index (χ3v) is 5.87. The van der Waals surface area contributed by atoms with Gasteiger partial charge in [0.15, 0.2) is 5.78 Å². The number of aromatic nitrogens is 2. The van der Waals surface area contributed by atoms with E-state index in [-0.39, 0.29) is 18.1 Å². The molecule has 0 aliphatic carbocycles. The van der Waals surface area contributed by atoms with Crippen molar-refractivity contribution >= 4 is 29.1 Å². The average molecular weight is 408 g/mol. The van der Waals surface area contributed by atoms with Crippen LogP contribution in [0.2, 0.25) is 5.02 Å². The third-order valence-electron chi connectivity index (χ3n) is 5.47. The number of carbonyl (C=O) groups is 2. The fourth-order valence-electron chi connectivity index (χ4n) is 3.95. The van der Waals surface area contributed by atoms with E-state index in [0.717, 1.165) is 33.6 Å². The number of ketones is 1. The molecule has 0 spiro atoms. The first kappa shape index (κ1) is 19.4. The Kier molecular flexibility index (Phi) is 4.79. The number of nitrogens with one attached hydrogen (secondary N) is 1. The molecule has 5 nitrogen and oxygen atoms in total. The van der Waals surface area contributed by atoms with Crippen LogP contribution in [0.1, 0.15) is 50.6 Å². The highest BCUT2D eigenvalue weighted by molar-refractivity contribution is 6.31. The molecule has 1 aliphatic rings. The summed E-state index contributed by atoms with van der Waals surface area (Å²) in [6, 6.07) is 11.4. The Morgan fingerprint density at radius 2 is 1.86 bits per heavy atom. The molecule has 6 heteroatoms. The first-order valence-corrected chi connectivity index (χ1v) is 9.91. The summed E-state index contributed by atoms with van der Waals surface area (Å²) < 4.78 is 1.66. The van der Waals surface area contributed by atoms with Crippen LogP contribution in [0, 0.1) is 27.7 Å². The molecule has 29 heavy (non-hydrogen) atoms. The number of amides is 1. The Bertz CT molecular complexity index is 1160. The van der Waals surface area contributed by atoms with Crippen LogP contribution in [-0.2, 0) is 4.79 Å². The second-order valence-electron chi connectivity index (χ2n) is 7.68. The van der Waals surface area contributed by atoms with E-state index in [1.54, 1.807) is 4.68 Å². The highest BCUT2D eigenvalue weighted by Crippen LogP contribution is 2.39. The number of nitrogens with zero attached hydrogens (tertiary/aromatic N) is 2. The highest BCUT2D eigenvalue weighted by atomic mass is 35.5. The van der Waals surface area contributed by atoms with Crippen molar-refractivity contribution in [3.8, 4) is 5.69 Å². The molecular weight excluding hydrogens is 386 g/mol. The zero-order valence-corrected chi connectivity index (χ0v) is 17.6. The molecule has 0 saturated carbocycles. The van der Waals surface area contributed by atoms with E-state index < -0.39 is 5.92 Å². The topological polar surface area (TPSA) is 64.0 Å². The summed E-state index contributed by atoms with van der Waals surface area (Å²) >= 11 is 6.29. The lowest BCUT2D eigenvalue weighted by atomic mass is 9.84. The zero-order valence-electron chi connectivity index (χ0n) is 16.8. The maximum atomic E-state index is 13.4. The van der Waals surface area contributed by atoms with Crippen LogP contribution in [0.25, 0.3) is 5.69 Å². The summed E-state index contributed by atoms with van der Waals surface area (Å²) in [5.41, 5.74) is 5.85. The minimum atomic E-state index is -0.560. The summed E-state index contributed by atoms with van der Waals surface area (Å²) in [6.07, 6.45) is 0.111. The van der Waals surface area contributed by atoms with Crippen molar-refractivity contribution in [3.63, 3.8) is 0 Å². The summed E-state index contributed by atoms with van der Waals surface area (Å²) in [7, 11) is 0. The fourth-order valence-corrected chi connectivity index (χ4v) is 4.12. The highest BCUT2D eigenvalue weighted by Gasteiger charge is 2.36. The first-order valence-electron chi connectivity index (χ1n) is 9.53. The Morgan fingerprint density at radius 3 is 2.55 bits per heavy atom. The van der Waals surface area contributed by atoms with E-state index in [0.29, 0.717) is 16.4 Å². The predicted molar refractivity (Wildman–Crippen MR) is 114 cm³/mol. The molecule has 1 N–H and O–H groups in total. The van der Waals surface area contributed by atoms with Gasteiger partial charge in [0.1, 0.15) is 5.82 Å². The molecule has 0 fully saturated rings. The Balaban J connectivity index is 1.83. The van der Waals surface area contributed by atoms with Gasteiger partial charge in [-0.3, -0.25) is 9.59 Å². The molecule has 1 amide bonds. The summed E-state index contributed by atoms with van der Waals surface area (Å²) in [4.78, 5) is 25.9. The van der Waals surface area contributed by atoms with E-state index in [1.165, 1.54) is 0 Å². The van der Waals surface area contributed by atoms with E-state index in [1.807, 2.05) is 64.1 Å². The molecular formula is C23H22ClN3O2. The third kappa shape index (κ3) is 3.36. The van der Waals surface area contributed by atoms with Gasteiger partial charge < -0.3 is 5.32 Å². The Hall–Kier alpha value is -2.92. The number of hydrogen-bond donors (Lipinski definition) is 1. The van der Waals surface area contributed by atoms with Crippen molar-refractivity contribution in [2.45, 2.75) is 40.0 Å². The van der Waals surface area contributed by atoms with Gasteiger partial charge >= 0.3 is 0 Å². The molecule has 1 aliphatic heterocycles. The average Bonchev–Trinajstić information content (AvgIpc) is 2.99. The van der Waals surface area contributed by atoms with Gasteiger partial charge in [-0.25, -0.2) is 4.68 Å². The first-order chi connectivity index (χ1) is 13.8. The van der Waals surface area contributed by atoms with Crippen LogP contribution < -0.4 is 5.32 Å². The van der Waals surface area contributed by atoms with Gasteiger partial charge in [-0.05, 0) is 51.0 Å². The van der Waals surface area contributed by atoms with Gasteiger partial charge in [0.05, 0.1) is 17.3 Å². The standard InChI is InChI=1S/C23H22ClN3O2/c1-12-5-8-17(14(3)9-12)22(29)18-11-20(28)25-23-21(18)15(4)26-27(23)16-7-6-13(2)19(24)10-16/h5-10,18H,11H2,1-4H3,(H,25,28)/t18-/m1/s1. The van der Waals surface area contributed by atoms with Gasteiger partial charge in [0.25, 0.3) is 0 Å². The molecule has 4 rings (SSSR count). The fraction of sp³-hybridized carbons (Fsp3) is 0.261. The Morgan fingerprint density at radius 1 is 1.10 bits per heavy atom. The summed E-state index contributed by atoms with van der Waals surface area (Å²) in [5, 5.41) is 8.15. The minimum Gasteiger partial charge on any atom is -0.310 e. The number of anilines is 1. The number of rotatable bonds is 3. The minimum absolute atomic E-state index is 0.0526. The quantitative estimate of drug-likeness (QED) is 0.616. The predicted octanol–water partition coefficient (Wildman–Crippen LogP) is 5.07. The zero-order chi connectivity index (χ0) is 20.9. The molecule has 148 valence electrons. The smallest absolute Gasteiger partial charge is 0.226 e. The lowest BCUT2D eigenvalue weighted by Crippen LogP contribution is -2.28. The molecule has 2 aromatic carbocycles. The second-order valence-corrected chi connectivity index (χ2v) is 8.09. The molecule has 0 unspecified atom stereocenters. The number of hydrogen-bond acceptors (Lipinski definition) is 3. The van der Waals surface area contributed by atoms with E-state index in [9.17, 15) is 9.59 Å². The number of Topliss-reactive ketones (excluding diaryl/α,β-unsaturated/α-hetero) is 1. The lowest BCUT2D eigenvalue weighted by molar-refractivity contribution is -0.116. The monoisotopic (exact) mass is 407 g/mol. The molecule has 1 atom stereocenters. The van der Waals surface area contributed by atoms with Crippen molar-refractivity contribution in [1.29, 1.82) is 0 Å². The normalized spacial score (nSPS) is 15.8. The van der Waals surface area contributed by atoms with Crippen molar-refractivity contribution in [3.05, 3.63) is 74.9 Å². The van der Waals surface area contributed by atoms with Crippen molar-refractivity contribution < 1.29 is 9.59 Å². The number of benzene rings is 2. The van der Waals surface area contributed by atoms with E-state index >= 15 is 0 Å². The maximum absolute atomic E-state index is 13.4. The van der Waals surface area contributed by atoms with Crippen LogP contribution in [0.4, 0.5) is 5.82 Å². The molecule has 1 aromatic heterocycles. The number of halogens is 1. The van der Waals surface area contributed by atoms with Crippen LogP contribution in [0.15, 0.2) is 36.4 Å². The number of aryl methyl sites for hydroxylation is 4. The van der Waals surface area contributed by atoms with Gasteiger partial charge in [-0.15, -0.1) is 0 Å². The van der Waals surface area contributed by atoms with Crippen molar-refractivity contribution in [2.75, 3.05) is 5.32 Å².